The molecule has 0 aliphatic heterocycles. The molecule has 0 fully saturated rings. The van der Waals surface area contributed by atoms with Gasteiger partial charge in [0.25, 0.3) is 0 Å². The molecule has 0 unspecified atom stereocenters. The van der Waals surface area contributed by atoms with Gasteiger partial charge in [-0.15, -0.1) is 10.2 Å². The van der Waals surface area contributed by atoms with Gasteiger partial charge in [0.1, 0.15) is 0 Å². The van der Waals surface area contributed by atoms with Gasteiger partial charge in [-0.25, -0.2) is 13.1 Å². The van der Waals surface area contributed by atoms with Gasteiger partial charge in [0, 0.05) is 17.4 Å². The van der Waals surface area contributed by atoms with Gasteiger partial charge in [-0.1, -0.05) is 96.2 Å². The van der Waals surface area contributed by atoms with E-state index >= 15 is 0 Å². The van der Waals surface area contributed by atoms with E-state index in [0.29, 0.717) is 12.2 Å². The Kier molecular flexibility index (Phi) is 8.49. The summed E-state index contributed by atoms with van der Waals surface area (Å²) in [5.74, 6) is 1.40. The van der Waals surface area contributed by atoms with Crippen molar-refractivity contribution < 1.29 is 8.42 Å². The van der Waals surface area contributed by atoms with Crippen LogP contribution in [0, 0.1) is 20.8 Å². The molecule has 5 aromatic rings. The Balaban J connectivity index is 1.42. The summed E-state index contributed by atoms with van der Waals surface area (Å²) in [5.41, 5.74) is 6.31. The molecular weight excluding hydrogens is 537 g/mol. The molecule has 1 aromatic heterocycles. The van der Waals surface area contributed by atoms with E-state index in [0.717, 1.165) is 33.4 Å². The standard InChI is InChI=1S/C32H32N4O2S2/c1-23-14-18-29(19-15-23)40(37,38)35-30(26-10-6-4-7-11-26)20-21-39-32-34-33-31(27-12-8-5-9-13-27)36(32)28-17-16-24(2)25(3)22-28/h4-19,22,30,35H,20-21H2,1-3H3/t30-/m0/s1. The molecule has 0 aliphatic carbocycles. The predicted molar refractivity (Wildman–Crippen MR) is 162 cm³/mol. The minimum absolute atomic E-state index is 0.258. The fourth-order valence-electron chi connectivity index (χ4n) is 4.45. The highest BCUT2D eigenvalue weighted by Gasteiger charge is 2.23. The Morgan fingerprint density at radius 3 is 2.15 bits per heavy atom. The van der Waals surface area contributed by atoms with E-state index in [1.807, 2.05) is 79.7 Å². The molecule has 0 saturated heterocycles. The largest absolute Gasteiger partial charge is 0.270 e. The average molecular weight is 569 g/mol. The molecule has 5 rings (SSSR count). The van der Waals surface area contributed by atoms with Crippen molar-refractivity contribution in [1.29, 1.82) is 0 Å². The van der Waals surface area contributed by atoms with E-state index in [9.17, 15) is 8.42 Å². The molecule has 1 N–H and O–H groups in total. The van der Waals surface area contributed by atoms with E-state index in [4.69, 9.17) is 0 Å². The zero-order valence-corrected chi connectivity index (χ0v) is 24.4. The van der Waals surface area contributed by atoms with Crippen molar-refractivity contribution in [3.05, 3.63) is 125 Å². The minimum Gasteiger partial charge on any atom is -0.270 e. The Morgan fingerprint density at radius 1 is 0.800 bits per heavy atom. The van der Waals surface area contributed by atoms with Crippen LogP contribution < -0.4 is 4.72 Å². The Morgan fingerprint density at radius 2 is 1.48 bits per heavy atom. The summed E-state index contributed by atoms with van der Waals surface area (Å²) in [5, 5.41) is 9.88. The van der Waals surface area contributed by atoms with Crippen molar-refractivity contribution >= 4 is 21.8 Å². The van der Waals surface area contributed by atoms with Crippen LogP contribution in [0.25, 0.3) is 17.1 Å². The van der Waals surface area contributed by atoms with Gasteiger partial charge in [-0.3, -0.25) is 4.57 Å². The summed E-state index contributed by atoms with van der Waals surface area (Å²) >= 11 is 1.57. The molecule has 8 heteroatoms. The second-order valence-corrected chi connectivity index (χ2v) is 12.6. The lowest BCUT2D eigenvalue weighted by Gasteiger charge is -2.19. The second-order valence-electron chi connectivity index (χ2n) is 9.81. The van der Waals surface area contributed by atoms with Gasteiger partial charge in [0.05, 0.1) is 10.6 Å². The Bertz CT molecular complexity index is 1680. The van der Waals surface area contributed by atoms with Crippen LogP contribution in [0.2, 0.25) is 0 Å². The molecule has 0 bridgehead atoms. The molecule has 1 heterocycles. The maximum Gasteiger partial charge on any atom is 0.241 e. The lowest BCUT2D eigenvalue weighted by Crippen LogP contribution is -2.29. The SMILES string of the molecule is Cc1ccc(S(=O)(=O)N[C@@H](CCSc2nnc(-c3ccccc3)n2-c2ccc(C)c(C)c2)c2ccccc2)cc1. The van der Waals surface area contributed by atoms with E-state index < -0.39 is 16.1 Å². The molecule has 1 atom stereocenters. The molecule has 0 saturated carbocycles. The third-order valence-corrected chi connectivity index (χ3v) is 9.33. The van der Waals surface area contributed by atoms with E-state index in [-0.39, 0.29) is 4.90 Å². The van der Waals surface area contributed by atoms with Crippen LogP contribution in [-0.2, 0) is 10.0 Å². The highest BCUT2D eigenvalue weighted by Crippen LogP contribution is 2.31. The number of hydrogen-bond donors (Lipinski definition) is 1. The van der Waals surface area contributed by atoms with Crippen molar-refractivity contribution in [1.82, 2.24) is 19.5 Å². The van der Waals surface area contributed by atoms with Gasteiger partial charge < -0.3 is 0 Å². The first kappa shape index (κ1) is 27.8. The van der Waals surface area contributed by atoms with Crippen molar-refractivity contribution in [2.75, 3.05) is 5.75 Å². The van der Waals surface area contributed by atoms with Gasteiger partial charge in [-0.05, 0) is 68.1 Å². The van der Waals surface area contributed by atoms with E-state index in [1.165, 1.54) is 11.1 Å². The Labute approximate surface area is 240 Å². The zero-order chi connectivity index (χ0) is 28.1. The van der Waals surface area contributed by atoms with Crippen LogP contribution in [0.1, 0.15) is 34.7 Å². The number of hydrogen-bond acceptors (Lipinski definition) is 5. The van der Waals surface area contributed by atoms with Crippen LogP contribution in [0.5, 0.6) is 0 Å². The third kappa shape index (κ3) is 6.36. The number of nitrogens with zero attached hydrogens (tertiary/aromatic N) is 3. The van der Waals surface area contributed by atoms with Crippen molar-refractivity contribution in [2.24, 2.45) is 0 Å². The summed E-state index contributed by atoms with van der Waals surface area (Å²) < 4.78 is 31.6. The fourth-order valence-corrected chi connectivity index (χ4v) is 6.67. The summed E-state index contributed by atoms with van der Waals surface area (Å²) in [6.45, 7) is 6.14. The highest BCUT2D eigenvalue weighted by atomic mass is 32.2. The monoisotopic (exact) mass is 568 g/mol. The fraction of sp³-hybridized carbons (Fsp3) is 0.188. The van der Waals surface area contributed by atoms with Crippen LogP contribution >= 0.6 is 11.8 Å². The first-order valence-electron chi connectivity index (χ1n) is 13.2. The van der Waals surface area contributed by atoms with Crippen LogP contribution in [0.4, 0.5) is 0 Å². The van der Waals surface area contributed by atoms with Gasteiger partial charge in [0.2, 0.25) is 10.0 Å². The number of rotatable bonds is 10. The first-order chi connectivity index (χ1) is 19.3. The zero-order valence-electron chi connectivity index (χ0n) is 22.8. The number of sulfonamides is 1. The van der Waals surface area contributed by atoms with Gasteiger partial charge >= 0.3 is 0 Å². The molecule has 6 nitrogen and oxygen atoms in total. The average Bonchev–Trinajstić information content (AvgIpc) is 3.39. The lowest BCUT2D eigenvalue weighted by atomic mass is 10.1. The second kappa shape index (κ2) is 12.2. The number of thioether (sulfide) groups is 1. The lowest BCUT2D eigenvalue weighted by molar-refractivity contribution is 0.551. The number of aromatic nitrogens is 3. The molecule has 0 spiro atoms. The van der Waals surface area contributed by atoms with E-state index in [1.54, 1.807) is 23.9 Å². The van der Waals surface area contributed by atoms with Crippen LogP contribution in [0.3, 0.4) is 0 Å². The van der Waals surface area contributed by atoms with Crippen LogP contribution in [0.15, 0.2) is 113 Å². The summed E-state index contributed by atoms with van der Waals surface area (Å²) in [7, 11) is -3.70. The molecule has 4 aromatic carbocycles. The molecule has 0 aliphatic rings. The van der Waals surface area contributed by atoms with Gasteiger partial charge in [-0.2, -0.15) is 0 Å². The quantitative estimate of drug-likeness (QED) is 0.183. The number of benzene rings is 4. The number of nitrogens with one attached hydrogen (secondary N) is 1. The summed E-state index contributed by atoms with van der Waals surface area (Å²) in [4.78, 5) is 0.258. The summed E-state index contributed by atoms with van der Waals surface area (Å²) in [6.07, 6.45) is 0.570. The number of aryl methyl sites for hydroxylation is 3. The first-order valence-corrected chi connectivity index (χ1v) is 15.6. The smallest absolute Gasteiger partial charge is 0.241 e. The summed E-state index contributed by atoms with van der Waals surface area (Å²) in [6, 6.07) is 32.6. The molecule has 0 amide bonds. The molecule has 0 radical (unpaired) electrons. The van der Waals surface area contributed by atoms with Crippen molar-refractivity contribution in [3.8, 4) is 17.1 Å². The maximum atomic E-state index is 13.3. The molecule has 204 valence electrons. The third-order valence-electron chi connectivity index (χ3n) is 6.88. The maximum absolute atomic E-state index is 13.3. The molecular formula is C32H32N4O2S2. The minimum atomic E-state index is -3.70. The molecule has 40 heavy (non-hydrogen) atoms. The van der Waals surface area contributed by atoms with Crippen molar-refractivity contribution in [2.45, 2.75) is 43.3 Å². The predicted octanol–water partition coefficient (Wildman–Crippen LogP) is 7.06. The normalized spacial score (nSPS) is 12.4. The van der Waals surface area contributed by atoms with Crippen molar-refractivity contribution in [3.63, 3.8) is 0 Å². The highest BCUT2D eigenvalue weighted by molar-refractivity contribution is 7.99. The Hall–Kier alpha value is -3.72. The van der Waals surface area contributed by atoms with Gasteiger partial charge in [0.15, 0.2) is 11.0 Å². The van der Waals surface area contributed by atoms with Crippen LogP contribution in [-0.4, -0.2) is 28.9 Å². The van der Waals surface area contributed by atoms with E-state index in [2.05, 4.69) is 51.5 Å². The topological polar surface area (TPSA) is 76.9 Å².